The van der Waals surface area contributed by atoms with E-state index in [2.05, 4.69) is 0 Å². The number of aliphatic hydroxyl groups excluding tert-OH is 2. The maximum absolute atomic E-state index is 9.74. The molecule has 128 valence electrons. The quantitative estimate of drug-likeness (QED) is 0.363. The molecule has 0 aromatic heterocycles. The summed E-state index contributed by atoms with van der Waals surface area (Å²) in [4.78, 5) is 39.0. The van der Waals surface area contributed by atoms with Crippen LogP contribution in [-0.4, -0.2) is 54.3 Å². The molecule has 1 aromatic rings. The number of unbranched alkanes of at least 4 members (excludes halogenated alkanes) is 1. The Balaban J connectivity index is 3.21. The van der Waals surface area contributed by atoms with E-state index in [1.807, 2.05) is 6.92 Å². The molecule has 0 aliphatic heterocycles. The average molecular weight is 336 g/mol. The number of hydrogen-bond donors (Lipinski definition) is 6. The van der Waals surface area contributed by atoms with Gasteiger partial charge in [0.15, 0.2) is 0 Å². The van der Waals surface area contributed by atoms with E-state index in [9.17, 15) is 29.8 Å². The van der Waals surface area contributed by atoms with Gasteiger partial charge in [0.2, 0.25) is 0 Å². The van der Waals surface area contributed by atoms with Crippen LogP contribution in [0.25, 0.3) is 0 Å². The molecular weight excluding hydrogens is 311 g/mol. The van der Waals surface area contributed by atoms with E-state index >= 15 is 0 Å². The summed E-state index contributed by atoms with van der Waals surface area (Å²) in [7, 11) is -6.31. The summed E-state index contributed by atoms with van der Waals surface area (Å²) in [5.41, 5.74) is 0. The number of para-hydroxylation sites is 1. The van der Waals surface area contributed by atoms with Gasteiger partial charge in [0.05, 0.1) is 0 Å². The molecule has 7 nitrogen and oxygen atoms in total. The van der Waals surface area contributed by atoms with Crippen molar-refractivity contribution in [2.75, 3.05) is 13.2 Å². The molecule has 0 saturated carbocycles. The molecule has 0 spiro atoms. The molecule has 22 heavy (non-hydrogen) atoms. The van der Waals surface area contributed by atoms with Crippen LogP contribution in [0.2, 0.25) is 0 Å². The standard InChI is InChI=1S/C14H25O7P/c1-2-3-9-13(21-12-7-5-4-6-8-12)14(10-15,11-16)22(17,18,19)20/h4-8,13,15-20H,2-3,9-11H2,1H3. The van der Waals surface area contributed by atoms with E-state index in [1.54, 1.807) is 30.3 Å². The first kappa shape index (κ1) is 19.3. The Labute approximate surface area is 129 Å². The second-order valence-electron chi connectivity index (χ2n) is 5.42. The molecule has 0 radical (unpaired) electrons. The van der Waals surface area contributed by atoms with Crippen molar-refractivity contribution in [1.29, 1.82) is 0 Å². The van der Waals surface area contributed by atoms with Crippen LogP contribution in [0.3, 0.4) is 0 Å². The Hall–Kier alpha value is -0.790. The summed E-state index contributed by atoms with van der Waals surface area (Å²) < 4.78 is 5.63. The van der Waals surface area contributed by atoms with Crippen LogP contribution >= 0.6 is 7.51 Å². The normalized spacial score (nSPS) is 15.9. The number of rotatable bonds is 9. The van der Waals surface area contributed by atoms with E-state index in [-0.39, 0.29) is 6.42 Å². The second-order valence-corrected chi connectivity index (χ2v) is 8.18. The van der Waals surface area contributed by atoms with Crippen LogP contribution in [-0.2, 0) is 0 Å². The third kappa shape index (κ3) is 4.14. The predicted molar refractivity (Wildman–Crippen MR) is 83.1 cm³/mol. The van der Waals surface area contributed by atoms with E-state index in [4.69, 9.17) is 4.74 Å². The molecule has 0 saturated heterocycles. The fourth-order valence-corrected chi connectivity index (χ4v) is 3.46. The molecule has 0 bridgehead atoms. The monoisotopic (exact) mass is 336 g/mol. The second kappa shape index (κ2) is 7.19. The molecule has 1 rings (SSSR count). The minimum absolute atomic E-state index is 0.201. The molecule has 6 N–H and O–H groups in total. The van der Waals surface area contributed by atoms with Gasteiger partial charge < -0.3 is 0 Å². The minimum atomic E-state index is -6.31. The van der Waals surface area contributed by atoms with Gasteiger partial charge >= 0.3 is 129 Å². The van der Waals surface area contributed by atoms with E-state index in [1.165, 1.54) is 0 Å². The van der Waals surface area contributed by atoms with Crippen LogP contribution in [0.5, 0.6) is 5.75 Å². The summed E-state index contributed by atoms with van der Waals surface area (Å²) in [6, 6.07) is 8.37. The molecule has 1 unspecified atom stereocenters. The van der Waals surface area contributed by atoms with Crippen molar-refractivity contribution in [3.05, 3.63) is 30.3 Å². The zero-order chi connectivity index (χ0) is 16.9. The van der Waals surface area contributed by atoms with Crippen LogP contribution in [0.15, 0.2) is 30.3 Å². The van der Waals surface area contributed by atoms with E-state index in [0.29, 0.717) is 12.2 Å². The van der Waals surface area contributed by atoms with E-state index in [0.717, 1.165) is 6.42 Å². The maximum atomic E-state index is 9.74. The molecule has 0 heterocycles. The zero-order valence-electron chi connectivity index (χ0n) is 12.5. The van der Waals surface area contributed by atoms with Gasteiger partial charge in [-0.05, 0) is 0 Å². The Kier molecular flexibility index (Phi) is 6.29. The third-order valence-electron chi connectivity index (χ3n) is 3.78. The summed E-state index contributed by atoms with van der Waals surface area (Å²) in [6.45, 7) is -0.209. The summed E-state index contributed by atoms with van der Waals surface area (Å²) in [5, 5.41) is 16.8. The predicted octanol–water partition coefficient (Wildman–Crippen LogP) is 0.530. The molecule has 0 fully saturated rings. The number of benzene rings is 1. The van der Waals surface area contributed by atoms with Crippen molar-refractivity contribution in [1.82, 2.24) is 0 Å². The number of ether oxygens (including phenoxy) is 1. The first-order valence-electron chi connectivity index (χ1n) is 7.12. The van der Waals surface area contributed by atoms with Gasteiger partial charge in [-0.1, -0.05) is 0 Å². The molecule has 0 aliphatic carbocycles. The Morgan fingerprint density at radius 1 is 1.05 bits per heavy atom. The van der Waals surface area contributed by atoms with Crippen molar-refractivity contribution in [3.63, 3.8) is 0 Å². The van der Waals surface area contributed by atoms with Gasteiger partial charge in [0, 0.05) is 0 Å². The zero-order valence-corrected chi connectivity index (χ0v) is 13.4. The average Bonchev–Trinajstić information content (AvgIpc) is 2.45. The van der Waals surface area contributed by atoms with Gasteiger partial charge in [-0.25, -0.2) is 0 Å². The van der Waals surface area contributed by atoms with Gasteiger partial charge in [-0.15, -0.1) is 0 Å². The first-order chi connectivity index (χ1) is 10.2. The molecule has 1 aromatic carbocycles. The fourth-order valence-electron chi connectivity index (χ4n) is 2.25. The Bertz CT molecular complexity index is 444. The number of aliphatic hydroxyl groups is 2. The van der Waals surface area contributed by atoms with Gasteiger partial charge in [0.25, 0.3) is 0 Å². The van der Waals surface area contributed by atoms with Gasteiger partial charge in [-0.3, -0.25) is 0 Å². The summed E-state index contributed by atoms with van der Waals surface area (Å²) >= 11 is 0. The SMILES string of the molecule is CCCCC(Oc1ccccc1)C(CO)(CO)P(O)(O)(O)O. The molecule has 0 aliphatic rings. The number of hydrogen-bond acceptors (Lipinski definition) is 7. The van der Waals surface area contributed by atoms with Crippen molar-refractivity contribution < 1.29 is 34.5 Å². The van der Waals surface area contributed by atoms with Crippen LogP contribution in [0.4, 0.5) is 0 Å². The summed E-state index contributed by atoms with van der Waals surface area (Å²) in [5.74, 6) is 0.357. The molecule has 8 heteroatoms. The third-order valence-corrected chi connectivity index (χ3v) is 5.95. The fraction of sp³-hybridized carbons (Fsp3) is 0.571. The van der Waals surface area contributed by atoms with Crippen LogP contribution < -0.4 is 4.74 Å². The Morgan fingerprint density at radius 3 is 2.00 bits per heavy atom. The molecule has 0 amide bonds. The van der Waals surface area contributed by atoms with Crippen molar-refractivity contribution in [2.45, 2.75) is 37.4 Å². The summed E-state index contributed by atoms with van der Waals surface area (Å²) in [6.07, 6.45) is 0.330. The molecule has 1 atom stereocenters. The van der Waals surface area contributed by atoms with Crippen LogP contribution in [0.1, 0.15) is 26.2 Å². The van der Waals surface area contributed by atoms with E-state index < -0.39 is 32.0 Å². The van der Waals surface area contributed by atoms with Crippen molar-refractivity contribution in [3.8, 4) is 5.75 Å². The van der Waals surface area contributed by atoms with Gasteiger partial charge in [-0.2, -0.15) is 0 Å². The molecular formula is C14H25O7P. The van der Waals surface area contributed by atoms with Crippen molar-refractivity contribution >= 4 is 7.51 Å². The van der Waals surface area contributed by atoms with Crippen LogP contribution in [0, 0.1) is 0 Å². The topological polar surface area (TPSA) is 131 Å². The van der Waals surface area contributed by atoms with Gasteiger partial charge in [0.1, 0.15) is 0 Å². The first-order valence-corrected chi connectivity index (χ1v) is 9.16. The van der Waals surface area contributed by atoms with Crippen molar-refractivity contribution in [2.24, 2.45) is 0 Å². The Morgan fingerprint density at radius 2 is 1.59 bits per heavy atom.